The molecule has 0 aliphatic rings. The number of anilines is 1. The number of nitrogens with one attached hydrogen (secondary N) is 2. The minimum absolute atomic E-state index is 0.0392. The highest BCUT2D eigenvalue weighted by molar-refractivity contribution is 7.99. The van der Waals surface area contributed by atoms with E-state index in [1.54, 1.807) is 0 Å². The van der Waals surface area contributed by atoms with E-state index >= 15 is 0 Å². The zero-order valence-electron chi connectivity index (χ0n) is 18.9. The fourth-order valence-electron chi connectivity index (χ4n) is 3.74. The van der Waals surface area contributed by atoms with Crippen LogP contribution in [0.5, 0.6) is 0 Å². The van der Waals surface area contributed by atoms with E-state index in [1.165, 1.54) is 11.8 Å². The number of nitrogens with two attached hydrogens (primary N) is 1. The number of carbonyl (C=O) groups is 1. The average molecular weight is 573 g/mol. The Morgan fingerprint density at radius 2 is 1.70 bits per heavy atom. The first-order chi connectivity index (χ1) is 17.7. The Labute approximate surface area is 226 Å². The Bertz CT molecular complexity index is 1710. The molecule has 0 saturated heterocycles. The summed E-state index contributed by atoms with van der Waals surface area (Å²) in [6.07, 6.45) is 1.88. The molecule has 0 aliphatic heterocycles. The molecule has 5 rings (SSSR count). The summed E-state index contributed by atoms with van der Waals surface area (Å²) in [6, 6.07) is 19.7. The van der Waals surface area contributed by atoms with Gasteiger partial charge >= 0.3 is 0 Å². The molecule has 0 spiro atoms. The van der Waals surface area contributed by atoms with Gasteiger partial charge in [0.05, 0.1) is 26.4 Å². The molecule has 188 valence electrons. The lowest BCUT2D eigenvalue weighted by Gasteiger charge is -2.12. The standard InChI is InChI=1S/C24H18Cl2N6O3S2/c25-18-10-15(37(27,34)35)11-19(26)22(18)29-21(33)13-36-24-31-30-23(32(24)14-6-2-1-3-7-14)17-12-28-20-9-5-4-8-16(17)20/h1-12,28H,13H2,(H,29,33)(H2,27,34,35). The molecule has 4 N–H and O–H groups in total. The number of hydrogen-bond donors (Lipinski definition) is 3. The van der Waals surface area contributed by atoms with Gasteiger partial charge in [-0.05, 0) is 30.3 Å². The lowest BCUT2D eigenvalue weighted by molar-refractivity contribution is -0.113. The van der Waals surface area contributed by atoms with Crippen LogP contribution in [0.3, 0.4) is 0 Å². The molecule has 0 saturated carbocycles. The normalized spacial score (nSPS) is 11.6. The number of fused-ring (bicyclic) bond motifs is 1. The second-order valence-electron chi connectivity index (χ2n) is 7.87. The maximum atomic E-state index is 12.8. The van der Waals surface area contributed by atoms with Gasteiger partial charge in [0.2, 0.25) is 15.9 Å². The molecule has 0 atom stereocenters. The summed E-state index contributed by atoms with van der Waals surface area (Å²) in [4.78, 5) is 15.8. The first kappa shape index (κ1) is 25.3. The predicted octanol–water partition coefficient (Wildman–Crippen LogP) is 5.10. The van der Waals surface area contributed by atoms with Gasteiger partial charge in [0.15, 0.2) is 11.0 Å². The lowest BCUT2D eigenvalue weighted by Crippen LogP contribution is -2.16. The van der Waals surface area contributed by atoms with Crippen LogP contribution in [-0.4, -0.2) is 39.8 Å². The largest absolute Gasteiger partial charge is 0.360 e. The summed E-state index contributed by atoms with van der Waals surface area (Å²) < 4.78 is 25.1. The fourth-order valence-corrected chi connectivity index (χ4v) is 5.77. The molecule has 5 aromatic rings. The number of benzene rings is 3. The van der Waals surface area contributed by atoms with E-state index < -0.39 is 15.9 Å². The molecule has 2 heterocycles. The first-order valence-electron chi connectivity index (χ1n) is 10.7. The summed E-state index contributed by atoms with van der Waals surface area (Å²) in [5.74, 6) is 0.160. The highest BCUT2D eigenvalue weighted by Gasteiger charge is 2.21. The van der Waals surface area contributed by atoms with Crippen LogP contribution in [0.1, 0.15) is 0 Å². The van der Waals surface area contributed by atoms with E-state index in [-0.39, 0.29) is 26.4 Å². The molecule has 0 radical (unpaired) electrons. The van der Waals surface area contributed by atoms with Crippen LogP contribution in [0, 0.1) is 0 Å². The van der Waals surface area contributed by atoms with E-state index in [4.69, 9.17) is 28.3 Å². The molecule has 0 bridgehead atoms. The molecule has 37 heavy (non-hydrogen) atoms. The molecule has 3 aromatic carbocycles. The maximum absolute atomic E-state index is 12.8. The Kier molecular flexibility index (Phi) is 6.97. The number of primary sulfonamides is 1. The Hall–Kier alpha value is -3.35. The van der Waals surface area contributed by atoms with Crippen LogP contribution in [0.15, 0.2) is 83.0 Å². The topological polar surface area (TPSA) is 136 Å². The van der Waals surface area contributed by atoms with E-state index in [0.29, 0.717) is 11.0 Å². The molecule has 0 aliphatic carbocycles. The van der Waals surface area contributed by atoms with Crippen molar-refractivity contribution in [2.45, 2.75) is 10.1 Å². The van der Waals surface area contributed by atoms with E-state index in [2.05, 4.69) is 20.5 Å². The Balaban J connectivity index is 1.43. The van der Waals surface area contributed by atoms with Crippen molar-refractivity contribution in [3.8, 4) is 17.1 Å². The van der Waals surface area contributed by atoms with Crippen LogP contribution in [0.2, 0.25) is 10.0 Å². The number of carbonyl (C=O) groups excluding carboxylic acids is 1. The lowest BCUT2D eigenvalue weighted by atomic mass is 10.1. The minimum Gasteiger partial charge on any atom is -0.360 e. The number of aromatic nitrogens is 4. The number of nitrogens with zero attached hydrogens (tertiary/aromatic N) is 3. The van der Waals surface area contributed by atoms with Gasteiger partial charge in [-0.2, -0.15) is 0 Å². The van der Waals surface area contributed by atoms with Gasteiger partial charge in [-0.25, -0.2) is 13.6 Å². The highest BCUT2D eigenvalue weighted by Crippen LogP contribution is 2.35. The Morgan fingerprint density at radius 1 is 1.03 bits per heavy atom. The summed E-state index contributed by atoms with van der Waals surface area (Å²) in [5, 5.41) is 17.9. The number of rotatable bonds is 7. The number of para-hydroxylation sites is 2. The second kappa shape index (κ2) is 10.2. The molecular formula is C24H18Cl2N6O3S2. The molecule has 0 fully saturated rings. The van der Waals surface area contributed by atoms with Crippen LogP contribution in [-0.2, 0) is 14.8 Å². The monoisotopic (exact) mass is 572 g/mol. The number of sulfonamides is 1. The third-order valence-electron chi connectivity index (χ3n) is 5.42. The zero-order chi connectivity index (χ0) is 26.2. The molecule has 0 unspecified atom stereocenters. The van der Waals surface area contributed by atoms with Crippen molar-refractivity contribution >= 4 is 67.5 Å². The average Bonchev–Trinajstić information content (AvgIpc) is 3.48. The molecular weight excluding hydrogens is 555 g/mol. The van der Waals surface area contributed by atoms with Crippen molar-refractivity contribution in [1.29, 1.82) is 0 Å². The van der Waals surface area contributed by atoms with Gasteiger partial charge in [0.1, 0.15) is 0 Å². The molecule has 13 heteroatoms. The van der Waals surface area contributed by atoms with Crippen LogP contribution in [0.25, 0.3) is 28.0 Å². The third kappa shape index (κ3) is 5.22. The van der Waals surface area contributed by atoms with E-state index in [9.17, 15) is 13.2 Å². The van der Waals surface area contributed by atoms with Crippen LogP contribution < -0.4 is 10.5 Å². The van der Waals surface area contributed by atoms with E-state index in [1.807, 2.05) is 65.4 Å². The van der Waals surface area contributed by atoms with Gasteiger partial charge in [0, 0.05) is 28.4 Å². The minimum atomic E-state index is -4.01. The first-order valence-corrected chi connectivity index (χ1v) is 14.0. The molecule has 1 amide bonds. The van der Waals surface area contributed by atoms with E-state index in [0.717, 1.165) is 34.3 Å². The quantitative estimate of drug-likeness (QED) is 0.232. The number of aromatic amines is 1. The van der Waals surface area contributed by atoms with Crippen molar-refractivity contribution in [2.24, 2.45) is 5.14 Å². The van der Waals surface area contributed by atoms with Gasteiger partial charge < -0.3 is 10.3 Å². The molecule has 9 nitrogen and oxygen atoms in total. The van der Waals surface area contributed by atoms with Crippen molar-refractivity contribution in [3.05, 3.63) is 83.0 Å². The number of amides is 1. The number of hydrogen-bond acceptors (Lipinski definition) is 6. The van der Waals surface area contributed by atoms with Crippen LogP contribution >= 0.6 is 35.0 Å². The predicted molar refractivity (Wildman–Crippen MR) is 146 cm³/mol. The maximum Gasteiger partial charge on any atom is 0.238 e. The zero-order valence-corrected chi connectivity index (χ0v) is 22.0. The summed E-state index contributed by atoms with van der Waals surface area (Å²) in [7, 11) is -4.01. The van der Waals surface area contributed by atoms with Crippen molar-refractivity contribution < 1.29 is 13.2 Å². The van der Waals surface area contributed by atoms with Crippen LogP contribution in [0.4, 0.5) is 5.69 Å². The fraction of sp³-hybridized carbons (Fsp3) is 0.0417. The third-order valence-corrected chi connectivity index (χ3v) is 7.84. The summed E-state index contributed by atoms with van der Waals surface area (Å²) in [6.45, 7) is 0. The van der Waals surface area contributed by atoms with Crippen molar-refractivity contribution in [1.82, 2.24) is 19.7 Å². The van der Waals surface area contributed by atoms with Gasteiger partial charge in [-0.3, -0.25) is 9.36 Å². The highest BCUT2D eigenvalue weighted by atomic mass is 35.5. The number of halogens is 2. The number of H-pyrrole nitrogens is 1. The number of thioether (sulfide) groups is 1. The van der Waals surface area contributed by atoms with Crippen molar-refractivity contribution in [3.63, 3.8) is 0 Å². The second-order valence-corrected chi connectivity index (χ2v) is 11.2. The Morgan fingerprint density at radius 3 is 2.41 bits per heavy atom. The van der Waals surface area contributed by atoms with Gasteiger partial charge in [0.25, 0.3) is 0 Å². The molecule has 2 aromatic heterocycles. The van der Waals surface area contributed by atoms with Crippen molar-refractivity contribution in [2.75, 3.05) is 11.1 Å². The SMILES string of the molecule is NS(=O)(=O)c1cc(Cl)c(NC(=O)CSc2nnc(-c3c[nH]c4ccccc34)n2-c2ccccc2)c(Cl)c1. The smallest absolute Gasteiger partial charge is 0.238 e. The summed E-state index contributed by atoms with van der Waals surface area (Å²) >= 11 is 13.5. The summed E-state index contributed by atoms with van der Waals surface area (Å²) in [5.41, 5.74) is 2.76. The van der Waals surface area contributed by atoms with Gasteiger partial charge in [-0.1, -0.05) is 71.4 Å². The van der Waals surface area contributed by atoms with Gasteiger partial charge in [-0.15, -0.1) is 10.2 Å².